The quantitative estimate of drug-likeness (QED) is 0.410. The molecule has 0 fully saturated rings. The van der Waals surface area contributed by atoms with E-state index in [2.05, 4.69) is 24.4 Å². The van der Waals surface area contributed by atoms with Crippen molar-refractivity contribution < 1.29 is 4.42 Å². The average molecular weight is 352 g/mol. The lowest BCUT2D eigenvalue weighted by atomic mass is 10.1. The molecule has 118 valence electrons. The van der Waals surface area contributed by atoms with E-state index in [9.17, 15) is 0 Å². The molecule has 0 aliphatic rings. The smallest absolute Gasteiger partial charge is 0.134 e. The summed E-state index contributed by atoms with van der Waals surface area (Å²) in [5.41, 5.74) is 4.91. The van der Waals surface area contributed by atoms with Gasteiger partial charge in [0.25, 0.3) is 0 Å². The van der Waals surface area contributed by atoms with Crippen LogP contribution in [0.4, 0.5) is 0 Å². The van der Waals surface area contributed by atoms with Crippen LogP contribution in [0.3, 0.4) is 0 Å². The predicted molar refractivity (Wildman–Crippen MR) is 100 cm³/mol. The van der Waals surface area contributed by atoms with Crippen molar-refractivity contribution in [3.63, 3.8) is 0 Å². The second-order valence-corrected chi connectivity index (χ2v) is 6.84. The second kappa shape index (κ2) is 6.27. The van der Waals surface area contributed by atoms with Gasteiger partial charge in [-0.25, -0.2) is 4.98 Å². The molecule has 0 radical (unpaired) electrons. The maximum Gasteiger partial charge on any atom is 0.134 e. The number of aromatic nitrogens is 1. The number of halogens is 1. The van der Waals surface area contributed by atoms with Crippen molar-refractivity contribution in [3.8, 4) is 33.2 Å². The van der Waals surface area contributed by atoms with Gasteiger partial charge in [-0.3, -0.25) is 0 Å². The first-order valence-corrected chi connectivity index (χ1v) is 8.83. The molecule has 0 saturated carbocycles. The summed E-state index contributed by atoms with van der Waals surface area (Å²) in [5.74, 6) is 0.821. The number of furan rings is 1. The van der Waals surface area contributed by atoms with Gasteiger partial charge in [-0.05, 0) is 54.3 Å². The Morgan fingerprint density at radius 2 is 1.83 bits per heavy atom. The summed E-state index contributed by atoms with van der Waals surface area (Å²) in [7, 11) is 0. The first-order valence-electron chi connectivity index (χ1n) is 7.58. The van der Waals surface area contributed by atoms with E-state index in [1.807, 2.05) is 42.5 Å². The largest absolute Gasteiger partial charge is 0.464 e. The fourth-order valence-electron chi connectivity index (χ4n) is 2.67. The van der Waals surface area contributed by atoms with E-state index in [0.29, 0.717) is 5.02 Å². The van der Waals surface area contributed by atoms with Crippen LogP contribution in [0.5, 0.6) is 0 Å². The van der Waals surface area contributed by atoms with Crippen molar-refractivity contribution in [2.24, 2.45) is 0 Å². The van der Waals surface area contributed by atoms with Gasteiger partial charge < -0.3 is 4.42 Å². The zero-order chi connectivity index (χ0) is 16.5. The monoisotopic (exact) mass is 351 g/mol. The zero-order valence-electron chi connectivity index (χ0n) is 13.0. The first kappa shape index (κ1) is 15.2. The van der Waals surface area contributed by atoms with Crippen LogP contribution in [-0.2, 0) is 0 Å². The molecular weight excluding hydrogens is 338 g/mol. The Bertz CT molecular complexity index is 989. The highest BCUT2D eigenvalue weighted by Crippen LogP contribution is 2.35. The molecule has 24 heavy (non-hydrogen) atoms. The summed E-state index contributed by atoms with van der Waals surface area (Å²) in [6.07, 6.45) is 1.68. The minimum Gasteiger partial charge on any atom is -0.464 e. The SMILES string of the molecule is Cc1ccsc1-c1cc(-c2ccco2)cc(-c2ccccc2Cl)n1. The van der Waals surface area contributed by atoms with Crippen molar-refractivity contribution in [2.75, 3.05) is 0 Å². The number of thiophene rings is 1. The number of hydrogen-bond acceptors (Lipinski definition) is 3. The summed E-state index contributed by atoms with van der Waals surface area (Å²) >= 11 is 8.07. The Labute approximate surface area is 149 Å². The number of nitrogens with zero attached hydrogens (tertiary/aromatic N) is 1. The van der Waals surface area contributed by atoms with E-state index in [1.54, 1.807) is 17.6 Å². The van der Waals surface area contributed by atoms with Gasteiger partial charge in [-0.15, -0.1) is 11.3 Å². The Morgan fingerprint density at radius 1 is 1.00 bits per heavy atom. The molecule has 0 spiro atoms. The van der Waals surface area contributed by atoms with Crippen LogP contribution in [0.15, 0.2) is 70.7 Å². The number of benzene rings is 1. The molecule has 0 amide bonds. The van der Waals surface area contributed by atoms with Gasteiger partial charge in [-0.2, -0.15) is 0 Å². The van der Waals surface area contributed by atoms with Crippen LogP contribution in [-0.4, -0.2) is 4.98 Å². The van der Waals surface area contributed by atoms with E-state index >= 15 is 0 Å². The van der Waals surface area contributed by atoms with Gasteiger partial charge in [0.05, 0.1) is 22.5 Å². The van der Waals surface area contributed by atoms with Gasteiger partial charge in [0.1, 0.15) is 5.76 Å². The van der Waals surface area contributed by atoms with Crippen LogP contribution < -0.4 is 0 Å². The molecule has 4 rings (SSSR count). The Balaban J connectivity index is 1.96. The van der Waals surface area contributed by atoms with E-state index < -0.39 is 0 Å². The van der Waals surface area contributed by atoms with E-state index in [-0.39, 0.29) is 0 Å². The van der Waals surface area contributed by atoms with Crippen LogP contribution in [0.1, 0.15) is 5.56 Å². The topological polar surface area (TPSA) is 26.0 Å². The molecule has 3 aromatic heterocycles. The predicted octanol–water partition coefficient (Wildman–Crippen LogP) is 6.70. The first-order chi connectivity index (χ1) is 11.7. The van der Waals surface area contributed by atoms with Gasteiger partial charge in [0.2, 0.25) is 0 Å². The average Bonchev–Trinajstić information content (AvgIpc) is 3.26. The van der Waals surface area contributed by atoms with Crippen molar-refractivity contribution in [2.45, 2.75) is 6.92 Å². The fraction of sp³-hybridized carbons (Fsp3) is 0.0500. The van der Waals surface area contributed by atoms with Crippen molar-refractivity contribution in [3.05, 3.63) is 76.8 Å². The van der Waals surface area contributed by atoms with Gasteiger partial charge in [-0.1, -0.05) is 29.8 Å². The highest BCUT2D eigenvalue weighted by molar-refractivity contribution is 7.13. The Morgan fingerprint density at radius 3 is 2.54 bits per heavy atom. The van der Waals surface area contributed by atoms with Gasteiger partial charge in [0, 0.05) is 16.1 Å². The summed E-state index contributed by atoms with van der Waals surface area (Å²) < 4.78 is 5.59. The van der Waals surface area contributed by atoms with E-state index in [0.717, 1.165) is 33.2 Å². The second-order valence-electron chi connectivity index (χ2n) is 5.52. The molecule has 0 unspecified atom stereocenters. The minimum absolute atomic E-state index is 0.690. The molecule has 3 heterocycles. The maximum atomic E-state index is 6.38. The molecule has 2 nitrogen and oxygen atoms in total. The van der Waals surface area contributed by atoms with Gasteiger partial charge in [0.15, 0.2) is 0 Å². The van der Waals surface area contributed by atoms with Crippen molar-refractivity contribution in [1.82, 2.24) is 4.98 Å². The van der Waals surface area contributed by atoms with Crippen LogP contribution >= 0.6 is 22.9 Å². The summed E-state index contributed by atoms with van der Waals surface area (Å²) in [4.78, 5) is 6.03. The molecular formula is C20H14ClNOS. The molecule has 4 heteroatoms. The third-order valence-corrected chi connectivity index (χ3v) is 5.24. The minimum atomic E-state index is 0.690. The highest BCUT2D eigenvalue weighted by Gasteiger charge is 2.13. The highest BCUT2D eigenvalue weighted by atomic mass is 35.5. The zero-order valence-corrected chi connectivity index (χ0v) is 14.6. The normalized spacial score (nSPS) is 10.9. The van der Waals surface area contributed by atoms with Crippen molar-refractivity contribution in [1.29, 1.82) is 0 Å². The molecule has 0 aliphatic carbocycles. The lowest BCUT2D eigenvalue weighted by Gasteiger charge is -2.09. The molecule has 0 saturated heterocycles. The number of hydrogen-bond donors (Lipinski definition) is 0. The molecule has 0 aliphatic heterocycles. The lowest BCUT2D eigenvalue weighted by molar-refractivity contribution is 0.582. The van der Waals surface area contributed by atoms with E-state index in [4.69, 9.17) is 21.0 Å². The molecule has 0 atom stereocenters. The number of rotatable bonds is 3. The summed E-state index contributed by atoms with van der Waals surface area (Å²) in [6, 6.07) is 17.8. The molecule has 0 N–H and O–H groups in total. The van der Waals surface area contributed by atoms with Crippen LogP contribution in [0.2, 0.25) is 5.02 Å². The lowest BCUT2D eigenvalue weighted by Crippen LogP contribution is -1.91. The Kier molecular flexibility index (Phi) is 3.97. The van der Waals surface area contributed by atoms with Crippen molar-refractivity contribution >= 4 is 22.9 Å². The summed E-state index contributed by atoms with van der Waals surface area (Å²) in [6.45, 7) is 2.10. The summed E-state index contributed by atoms with van der Waals surface area (Å²) in [5, 5.41) is 2.77. The number of aryl methyl sites for hydroxylation is 1. The van der Waals surface area contributed by atoms with Crippen LogP contribution in [0, 0.1) is 6.92 Å². The van der Waals surface area contributed by atoms with E-state index in [1.165, 1.54) is 5.56 Å². The van der Waals surface area contributed by atoms with Gasteiger partial charge >= 0.3 is 0 Å². The fourth-order valence-corrected chi connectivity index (χ4v) is 3.79. The number of pyridine rings is 1. The molecule has 4 aromatic rings. The molecule has 1 aromatic carbocycles. The van der Waals surface area contributed by atoms with Crippen LogP contribution in [0.25, 0.3) is 33.2 Å². The standard InChI is InChI=1S/C20H14ClNOS/c1-13-8-10-24-20(13)18-12-14(19-7-4-9-23-19)11-17(22-18)15-5-2-3-6-16(15)21/h2-12H,1H3. The third kappa shape index (κ3) is 2.77. The Hall–Kier alpha value is -2.36. The molecule has 0 bridgehead atoms. The third-order valence-electron chi connectivity index (χ3n) is 3.88. The maximum absolute atomic E-state index is 6.38.